The van der Waals surface area contributed by atoms with Crippen LogP contribution in [-0.2, 0) is 19.1 Å². The molecule has 0 spiro atoms. The molecular weight excluding hydrogens is 277 g/mol. The van der Waals surface area contributed by atoms with Crippen molar-refractivity contribution < 1.29 is 18.0 Å². The van der Waals surface area contributed by atoms with Gasteiger partial charge >= 0.3 is 6.18 Å². The Balaban J connectivity index is 2.23. The lowest BCUT2D eigenvalue weighted by Gasteiger charge is -2.03. The van der Waals surface area contributed by atoms with Crippen molar-refractivity contribution in [1.29, 1.82) is 0 Å². The highest BCUT2D eigenvalue weighted by Crippen LogP contribution is 2.28. The number of carbonyl (C=O) groups excluding carboxylic acids is 1. The van der Waals surface area contributed by atoms with Crippen molar-refractivity contribution in [3.05, 3.63) is 39.3 Å². The monoisotopic (exact) mass is 288 g/mol. The van der Waals surface area contributed by atoms with Crippen LogP contribution in [0.15, 0.2) is 18.3 Å². The summed E-state index contributed by atoms with van der Waals surface area (Å²) in [4.78, 5) is 12.3. The SMILES string of the molecule is CCc1sc(C=O)cc1Cn1ccc(C(F)(F)F)n1. The fraction of sp³-hybridized carbons (Fsp3) is 0.333. The minimum Gasteiger partial charge on any atom is -0.297 e. The van der Waals surface area contributed by atoms with Crippen molar-refractivity contribution >= 4 is 17.6 Å². The van der Waals surface area contributed by atoms with Gasteiger partial charge in [-0.15, -0.1) is 11.3 Å². The van der Waals surface area contributed by atoms with Crippen LogP contribution in [0.25, 0.3) is 0 Å². The van der Waals surface area contributed by atoms with Gasteiger partial charge in [0.2, 0.25) is 0 Å². The van der Waals surface area contributed by atoms with Crippen LogP contribution in [-0.4, -0.2) is 16.1 Å². The van der Waals surface area contributed by atoms with Crippen LogP contribution in [0, 0.1) is 0 Å². The number of halogens is 3. The number of aldehydes is 1. The highest BCUT2D eigenvalue weighted by atomic mass is 32.1. The van der Waals surface area contributed by atoms with E-state index in [1.807, 2.05) is 6.92 Å². The van der Waals surface area contributed by atoms with Gasteiger partial charge in [-0.25, -0.2) is 0 Å². The Bertz CT molecular complexity index is 586. The molecule has 0 fully saturated rings. The average molecular weight is 288 g/mol. The summed E-state index contributed by atoms with van der Waals surface area (Å²) in [5.41, 5.74) is -0.0668. The summed E-state index contributed by atoms with van der Waals surface area (Å²) in [5.74, 6) is 0. The predicted molar refractivity (Wildman–Crippen MR) is 65.4 cm³/mol. The molecule has 2 heterocycles. The molecule has 2 aromatic heterocycles. The number of hydrogen-bond acceptors (Lipinski definition) is 3. The lowest BCUT2D eigenvalue weighted by atomic mass is 10.2. The maximum Gasteiger partial charge on any atom is 0.435 e. The fourth-order valence-electron chi connectivity index (χ4n) is 1.76. The maximum absolute atomic E-state index is 12.4. The Hall–Kier alpha value is -1.63. The van der Waals surface area contributed by atoms with Gasteiger partial charge in [-0.2, -0.15) is 18.3 Å². The summed E-state index contributed by atoms with van der Waals surface area (Å²) in [6, 6.07) is 2.64. The maximum atomic E-state index is 12.4. The van der Waals surface area contributed by atoms with Crippen molar-refractivity contribution in [2.45, 2.75) is 26.1 Å². The van der Waals surface area contributed by atoms with Gasteiger partial charge in [-0.05, 0) is 24.1 Å². The molecule has 0 amide bonds. The minimum atomic E-state index is -4.43. The Morgan fingerprint density at radius 2 is 2.21 bits per heavy atom. The lowest BCUT2D eigenvalue weighted by Crippen LogP contribution is -2.08. The van der Waals surface area contributed by atoms with Gasteiger partial charge in [-0.3, -0.25) is 9.48 Å². The van der Waals surface area contributed by atoms with Crippen LogP contribution in [0.5, 0.6) is 0 Å². The number of rotatable bonds is 4. The number of hydrogen-bond donors (Lipinski definition) is 0. The van der Waals surface area contributed by atoms with E-state index in [1.54, 1.807) is 6.07 Å². The van der Waals surface area contributed by atoms with E-state index in [0.29, 0.717) is 4.88 Å². The van der Waals surface area contributed by atoms with Gasteiger partial charge in [0.25, 0.3) is 0 Å². The first kappa shape index (κ1) is 13.8. The number of carbonyl (C=O) groups is 1. The zero-order valence-corrected chi connectivity index (χ0v) is 10.9. The van der Waals surface area contributed by atoms with E-state index in [1.165, 1.54) is 22.2 Å². The zero-order chi connectivity index (χ0) is 14.0. The summed E-state index contributed by atoms with van der Waals surface area (Å²) in [6.07, 6.45) is -1.65. The van der Waals surface area contributed by atoms with Gasteiger partial charge in [0.05, 0.1) is 11.4 Å². The smallest absolute Gasteiger partial charge is 0.297 e. The van der Waals surface area contributed by atoms with Crippen molar-refractivity contribution in [1.82, 2.24) is 9.78 Å². The Morgan fingerprint density at radius 3 is 2.74 bits per heavy atom. The highest BCUT2D eigenvalue weighted by Gasteiger charge is 2.33. The van der Waals surface area contributed by atoms with Crippen molar-refractivity contribution in [2.24, 2.45) is 0 Å². The molecule has 0 bridgehead atoms. The van der Waals surface area contributed by atoms with Crippen LogP contribution in [0.2, 0.25) is 0 Å². The first-order valence-electron chi connectivity index (χ1n) is 5.61. The summed E-state index contributed by atoms with van der Waals surface area (Å²) in [5, 5.41) is 3.50. The number of nitrogens with zero attached hydrogens (tertiary/aromatic N) is 2. The zero-order valence-electron chi connectivity index (χ0n) is 10.1. The van der Waals surface area contributed by atoms with E-state index in [9.17, 15) is 18.0 Å². The molecule has 0 saturated carbocycles. The Kier molecular flexibility index (Phi) is 3.75. The Morgan fingerprint density at radius 1 is 1.47 bits per heavy atom. The standard InChI is InChI=1S/C12H11F3N2OS/c1-2-10-8(5-9(7-18)19-10)6-17-4-3-11(16-17)12(13,14)15/h3-5,7H,2,6H2,1H3. The lowest BCUT2D eigenvalue weighted by molar-refractivity contribution is -0.141. The summed E-state index contributed by atoms with van der Waals surface area (Å²) < 4.78 is 38.5. The average Bonchev–Trinajstić information content (AvgIpc) is 2.95. The second kappa shape index (κ2) is 5.16. The number of thiophene rings is 1. The largest absolute Gasteiger partial charge is 0.435 e. The third kappa shape index (κ3) is 3.04. The second-order valence-electron chi connectivity index (χ2n) is 3.96. The first-order chi connectivity index (χ1) is 8.94. The van der Waals surface area contributed by atoms with E-state index in [4.69, 9.17) is 0 Å². The fourth-order valence-corrected chi connectivity index (χ4v) is 2.69. The molecule has 3 nitrogen and oxygen atoms in total. The summed E-state index contributed by atoms with van der Waals surface area (Å²) >= 11 is 1.36. The molecule has 7 heteroatoms. The van der Waals surface area contributed by atoms with Gasteiger partial charge in [0.1, 0.15) is 0 Å². The summed E-state index contributed by atoms with van der Waals surface area (Å²) in [6.45, 7) is 2.18. The van der Waals surface area contributed by atoms with Crippen molar-refractivity contribution in [3.8, 4) is 0 Å². The van der Waals surface area contributed by atoms with E-state index in [2.05, 4.69) is 5.10 Å². The number of aromatic nitrogens is 2. The topological polar surface area (TPSA) is 34.9 Å². The van der Waals surface area contributed by atoms with Crippen molar-refractivity contribution in [3.63, 3.8) is 0 Å². The molecule has 0 aliphatic carbocycles. The van der Waals surface area contributed by atoms with Gasteiger partial charge in [0.15, 0.2) is 12.0 Å². The predicted octanol–water partition coefficient (Wildman–Crippen LogP) is 3.39. The van der Waals surface area contributed by atoms with E-state index < -0.39 is 11.9 Å². The first-order valence-corrected chi connectivity index (χ1v) is 6.43. The highest BCUT2D eigenvalue weighted by molar-refractivity contribution is 7.13. The van der Waals surface area contributed by atoms with Gasteiger partial charge < -0.3 is 0 Å². The molecule has 2 aromatic rings. The third-order valence-electron chi connectivity index (χ3n) is 2.62. The normalized spacial score (nSPS) is 11.8. The van der Waals surface area contributed by atoms with Crippen molar-refractivity contribution in [2.75, 3.05) is 0 Å². The molecule has 0 aliphatic rings. The van der Waals surface area contributed by atoms with E-state index >= 15 is 0 Å². The van der Waals surface area contributed by atoms with Gasteiger partial charge in [-0.1, -0.05) is 6.92 Å². The molecule has 102 valence electrons. The van der Waals surface area contributed by atoms with Crippen LogP contribution >= 0.6 is 11.3 Å². The van der Waals surface area contributed by atoms with Crippen LogP contribution < -0.4 is 0 Å². The van der Waals surface area contributed by atoms with E-state index in [0.717, 1.165) is 29.2 Å². The Labute approximate surface area is 111 Å². The molecule has 19 heavy (non-hydrogen) atoms. The molecule has 0 aliphatic heterocycles. The molecule has 0 saturated heterocycles. The molecule has 0 atom stereocenters. The molecule has 0 radical (unpaired) electrons. The quantitative estimate of drug-likeness (QED) is 0.808. The van der Waals surface area contributed by atoms with Crippen LogP contribution in [0.1, 0.15) is 32.7 Å². The molecule has 0 N–H and O–H groups in total. The van der Waals surface area contributed by atoms with Crippen LogP contribution in [0.4, 0.5) is 13.2 Å². The third-order valence-corrected chi connectivity index (χ3v) is 3.86. The number of aryl methyl sites for hydroxylation is 1. The van der Waals surface area contributed by atoms with E-state index in [-0.39, 0.29) is 6.54 Å². The molecule has 0 unspecified atom stereocenters. The second-order valence-corrected chi connectivity index (χ2v) is 5.13. The molecular formula is C12H11F3N2OS. The summed E-state index contributed by atoms with van der Waals surface area (Å²) in [7, 11) is 0. The number of alkyl halides is 3. The minimum absolute atomic E-state index is 0.240. The molecule has 0 aromatic carbocycles. The molecule has 2 rings (SSSR count). The van der Waals surface area contributed by atoms with Crippen LogP contribution in [0.3, 0.4) is 0 Å². The van der Waals surface area contributed by atoms with Gasteiger partial charge in [0, 0.05) is 11.1 Å².